The van der Waals surface area contributed by atoms with Gasteiger partial charge < -0.3 is 10.2 Å². The zero-order chi connectivity index (χ0) is 22.5. The molecule has 1 fully saturated rings. The van der Waals surface area contributed by atoms with Crippen molar-refractivity contribution in [2.45, 2.75) is 13.8 Å². The van der Waals surface area contributed by atoms with Gasteiger partial charge >= 0.3 is 0 Å². The van der Waals surface area contributed by atoms with E-state index in [4.69, 9.17) is 0 Å². The van der Waals surface area contributed by atoms with Crippen LogP contribution in [0.25, 0.3) is 6.08 Å². The standard InChI is InChI=1S/C22H21F2N3O3S/c1-3-26(4-2)16-8-5-14(6-9-16)11-19-21(29)27(22(30)31-19)13-20(28)25-18-10-7-15(23)12-17(18)24/h5-12H,3-4,13H2,1-2H3,(H,25,28)/b19-11+. The Kier molecular flexibility index (Phi) is 7.06. The number of thioether (sulfide) groups is 1. The number of hydrogen-bond acceptors (Lipinski definition) is 5. The molecule has 1 aliphatic rings. The van der Waals surface area contributed by atoms with Gasteiger partial charge in [0.2, 0.25) is 5.91 Å². The molecule has 2 aromatic rings. The molecule has 6 nitrogen and oxygen atoms in total. The minimum Gasteiger partial charge on any atom is -0.372 e. The molecule has 0 aliphatic carbocycles. The van der Waals surface area contributed by atoms with E-state index in [1.807, 2.05) is 24.3 Å². The van der Waals surface area contributed by atoms with Gasteiger partial charge in [-0.3, -0.25) is 19.3 Å². The Morgan fingerprint density at radius 2 is 1.77 bits per heavy atom. The molecule has 31 heavy (non-hydrogen) atoms. The molecule has 3 rings (SSSR count). The minimum atomic E-state index is -0.949. The van der Waals surface area contributed by atoms with Crippen molar-refractivity contribution in [2.24, 2.45) is 0 Å². The van der Waals surface area contributed by atoms with Crippen molar-refractivity contribution >= 4 is 46.3 Å². The van der Waals surface area contributed by atoms with Gasteiger partial charge in [-0.05, 0) is 61.5 Å². The van der Waals surface area contributed by atoms with E-state index >= 15 is 0 Å². The van der Waals surface area contributed by atoms with Crippen molar-refractivity contribution in [2.75, 3.05) is 29.9 Å². The summed E-state index contributed by atoms with van der Waals surface area (Å²) >= 11 is 0.734. The van der Waals surface area contributed by atoms with E-state index in [0.717, 1.165) is 53.1 Å². The molecule has 0 unspecified atom stereocenters. The molecule has 1 N–H and O–H groups in total. The van der Waals surface area contributed by atoms with Gasteiger partial charge in [0.25, 0.3) is 11.1 Å². The Labute approximate surface area is 182 Å². The number of anilines is 2. The van der Waals surface area contributed by atoms with Crippen LogP contribution in [0.2, 0.25) is 0 Å². The van der Waals surface area contributed by atoms with E-state index in [1.54, 1.807) is 6.08 Å². The molecule has 3 amide bonds. The number of carbonyl (C=O) groups excluding carboxylic acids is 3. The van der Waals surface area contributed by atoms with E-state index in [0.29, 0.717) is 6.07 Å². The van der Waals surface area contributed by atoms with E-state index in [2.05, 4.69) is 24.1 Å². The minimum absolute atomic E-state index is 0.196. The van der Waals surface area contributed by atoms with Gasteiger partial charge in [0.15, 0.2) is 0 Å². The van der Waals surface area contributed by atoms with Crippen LogP contribution in [0, 0.1) is 11.6 Å². The van der Waals surface area contributed by atoms with Crippen LogP contribution in [0.3, 0.4) is 0 Å². The highest BCUT2D eigenvalue weighted by Crippen LogP contribution is 2.32. The smallest absolute Gasteiger partial charge is 0.294 e. The van der Waals surface area contributed by atoms with Gasteiger partial charge in [-0.15, -0.1) is 0 Å². The molecule has 0 radical (unpaired) electrons. The first-order chi connectivity index (χ1) is 14.8. The van der Waals surface area contributed by atoms with Crippen LogP contribution < -0.4 is 10.2 Å². The van der Waals surface area contributed by atoms with Gasteiger partial charge in [-0.1, -0.05) is 12.1 Å². The van der Waals surface area contributed by atoms with Crippen molar-refractivity contribution in [3.8, 4) is 0 Å². The lowest BCUT2D eigenvalue weighted by Gasteiger charge is -2.20. The zero-order valence-corrected chi connectivity index (χ0v) is 17.8. The summed E-state index contributed by atoms with van der Waals surface area (Å²) in [6, 6.07) is 10.3. The SMILES string of the molecule is CCN(CC)c1ccc(/C=C2/SC(=O)N(CC(=O)Nc3ccc(F)cc3F)C2=O)cc1. The van der Waals surface area contributed by atoms with Crippen LogP contribution in [0.4, 0.5) is 25.0 Å². The van der Waals surface area contributed by atoms with Crippen LogP contribution in [-0.4, -0.2) is 41.6 Å². The molecule has 0 spiro atoms. The summed E-state index contributed by atoms with van der Waals surface area (Å²) in [7, 11) is 0. The first kappa shape index (κ1) is 22.5. The molecule has 0 atom stereocenters. The van der Waals surface area contributed by atoms with E-state index < -0.39 is 35.2 Å². The van der Waals surface area contributed by atoms with Gasteiger partial charge in [-0.25, -0.2) is 8.78 Å². The third kappa shape index (κ3) is 5.29. The summed E-state index contributed by atoms with van der Waals surface area (Å²) in [6.45, 7) is 5.30. The Hall–Kier alpha value is -3.20. The number of rotatable bonds is 7. The van der Waals surface area contributed by atoms with E-state index in [1.165, 1.54) is 0 Å². The maximum atomic E-state index is 13.7. The van der Waals surface area contributed by atoms with Crippen LogP contribution >= 0.6 is 11.8 Å². The lowest BCUT2D eigenvalue weighted by molar-refractivity contribution is -0.127. The molecule has 162 valence electrons. The number of hydrogen-bond donors (Lipinski definition) is 1. The number of carbonyl (C=O) groups is 3. The van der Waals surface area contributed by atoms with Gasteiger partial charge in [-0.2, -0.15) is 0 Å². The first-order valence-corrected chi connectivity index (χ1v) is 10.5. The largest absolute Gasteiger partial charge is 0.372 e. The summed E-state index contributed by atoms with van der Waals surface area (Å²) < 4.78 is 26.7. The third-order valence-electron chi connectivity index (χ3n) is 4.70. The molecule has 2 aromatic carbocycles. The molecule has 0 bridgehead atoms. The quantitative estimate of drug-likeness (QED) is 0.636. The van der Waals surface area contributed by atoms with Gasteiger partial charge in [0.1, 0.15) is 18.2 Å². The average Bonchev–Trinajstić information content (AvgIpc) is 2.99. The van der Waals surface area contributed by atoms with Crippen LogP contribution in [0.1, 0.15) is 19.4 Å². The second-order valence-electron chi connectivity index (χ2n) is 6.70. The van der Waals surface area contributed by atoms with E-state index in [-0.39, 0.29) is 10.6 Å². The number of nitrogens with one attached hydrogen (secondary N) is 1. The van der Waals surface area contributed by atoms with Crippen molar-refractivity contribution in [1.29, 1.82) is 0 Å². The fourth-order valence-corrected chi connectivity index (χ4v) is 3.92. The predicted octanol–water partition coefficient (Wildman–Crippen LogP) is 4.49. The Morgan fingerprint density at radius 1 is 1.10 bits per heavy atom. The summed E-state index contributed by atoms with van der Waals surface area (Å²) in [4.78, 5) is 40.1. The lowest BCUT2D eigenvalue weighted by atomic mass is 10.1. The van der Waals surface area contributed by atoms with Gasteiger partial charge in [0.05, 0.1) is 10.6 Å². The molecule has 1 heterocycles. The zero-order valence-electron chi connectivity index (χ0n) is 17.0. The van der Waals surface area contributed by atoms with Crippen molar-refractivity contribution in [3.63, 3.8) is 0 Å². The number of nitrogens with zero attached hydrogens (tertiary/aromatic N) is 2. The highest BCUT2D eigenvalue weighted by atomic mass is 32.2. The number of amides is 3. The Morgan fingerprint density at radius 3 is 2.39 bits per heavy atom. The van der Waals surface area contributed by atoms with Gasteiger partial charge in [0, 0.05) is 24.8 Å². The van der Waals surface area contributed by atoms with Crippen molar-refractivity contribution in [1.82, 2.24) is 4.90 Å². The molecule has 1 aliphatic heterocycles. The molecular weight excluding hydrogens is 424 g/mol. The van der Waals surface area contributed by atoms with Crippen LogP contribution in [0.15, 0.2) is 47.4 Å². The Bertz CT molecular complexity index is 1040. The van der Waals surface area contributed by atoms with Crippen LogP contribution in [-0.2, 0) is 9.59 Å². The molecule has 0 saturated carbocycles. The topological polar surface area (TPSA) is 69.7 Å². The normalized spacial score (nSPS) is 15.0. The fraction of sp³-hybridized carbons (Fsp3) is 0.227. The van der Waals surface area contributed by atoms with E-state index in [9.17, 15) is 23.2 Å². The molecule has 0 aromatic heterocycles. The maximum absolute atomic E-state index is 13.7. The lowest BCUT2D eigenvalue weighted by Crippen LogP contribution is -2.36. The summed E-state index contributed by atoms with van der Waals surface area (Å²) in [5.41, 5.74) is 1.57. The highest BCUT2D eigenvalue weighted by Gasteiger charge is 2.36. The maximum Gasteiger partial charge on any atom is 0.294 e. The fourth-order valence-electron chi connectivity index (χ4n) is 3.08. The second kappa shape index (κ2) is 9.74. The second-order valence-corrected chi connectivity index (χ2v) is 7.70. The monoisotopic (exact) mass is 445 g/mol. The molecular formula is C22H21F2N3O3S. The summed E-state index contributed by atoms with van der Waals surface area (Å²) in [5.74, 6) is -3.09. The number of benzene rings is 2. The summed E-state index contributed by atoms with van der Waals surface area (Å²) in [6.07, 6.45) is 1.59. The molecule has 1 saturated heterocycles. The van der Waals surface area contributed by atoms with Crippen LogP contribution in [0.5, 0.6) is 0 Å². The number of halogens is 2. The third-order valence-corrected chi connectivity index (χ3v) is 5.61. The van der Waals surface area contributed by atoms with Crippen molar-refractivity contribution < 1.29 is 23.2 Å². The predicted molar refractivity (Wildman–Crippen MR) is 118 cm³/mol. The number of imide groups is 1. The first-order valence-electron chi connectivity index (χ1n) is 9.67. The van der Waals surface area contributed by atoms with Crippen molar-refractivity contribution in [3.05, 3.63) is 64.6 Å². The highest BCUT2D eigenvalue weighted by molar-refractivity contribution is 8.18. The Balaban J connectivity index is 1.68. The average molecular weight is 445 g/mol. The summed E-state index contributed by atoms with van der Waals surface area (Å²) in [5, 5.41) is 1.65. The molecule has 9 heteroatoms.